The summed E-state index contributed by atoms with van der Waals surface area (Å²) >= 11 is 0. The minimum Gasteiger partial charge on any atom is -0.475 e. The summed E-state index contributed by atoms with van der Waals surface area (Å²) < 4.78 is 31.7. The number of carboxylic acids is 1. The van der Waals surface area contributed by atoms with Crippen LogP contribution in [0.2, 0.25) is 0 Å². The van der Waals surface area contributed by atoms with Crippen molar-refractivity contribution in [2.75, 3.05) is 6.54 Å². The number of nitrogens with one attached hydrogen (secondary N) is 1. The molecule has 0 saturated heterocycles. The number of hydrogen-bond donors (Lipinski definition) is 2. The monoisotopic (exact) mass is 471 g/mol. The lowest BCUT2D eigenvalue weighted by molar-refractivity contribution is -0.192. The van der Waals surface area contributed by atoms with E-state index >= 15 is 0 Å². The molecule has 0 fully saturated rings. The van der Waals surface area contributed by atoms with Gasteiger partial charge in [-0.3, -0.25) is 4.98 Å². The first-order valence-electron chi connectivity index (χ1n) is 10.4. The van der Waals surface area contributed by atoms with Crippen molar-refractivity contribution in [3.8, 4) is 17.3 Å². The van der Waals surface area contributed by atoms with Crippen molar-refractivity contribution < 1.29 is 23.1 Å². The molecule has 2 heterocycles. The van der Waals surface area contributed by atoms with Gasteiger partial charge in [0, 0.05) is 24.0 Å². The van der Waals surface area contributed by atoms with Crippen LogP contribution in [-0.4, -0.2) is 38.7 Å². The van der Waals surface area contributed by atoms with E-state index in [0.717, 1.165) is 48.6 Å². The largest absolute Gasteiger partial charge is 0.490 e. The lowest BCUT2D eigenvalue weighted by atomic mass is 10.0. The van der Waals surface area contributed by atoms with Gasteiger partial charge < -0.3 is 10.4 Å². The molecule has 1 aromatic carbocycles. The molecular weight excluding hydrogens is 447 g/mol. The minimum absolute atomic E-state index is 0.224. The fourth-order valence-corrected chi connectivity index (χ4v) is 2.84. The van der Waals surface area contributed by atoms with Gasteiger partial charge in [0.1, 0.15) is 6.07 Å². The van der Waals surface area contributed by atoms with Crippen LogP contribution in [0.15, 0.2) is 48.7 Å². The Morgan fingerprint density at radius 2 is 1.82 bits per heavy atom. The summed E-state index contributed by atoms with van der Waals surface area (Å²) in [6.45, 7) is 5.78. The Balaban J connectivity index is 0.000000509. The number of aryl methyl sites for hydroxylation is 3. The van der Waals surface area contributed by atoms with Gasteiger partial charge in [0.25, 0.3) is 0 Å². The maximum absolute atomic E-state index is 10.6. The lowest BCUT2D eigenvalue weighted by Gasteiger charge is -2.08. The van der Waals surface area contributed by atoms with Gasteiger partial charge in [-0.1, -0.05) is 18.2 Å². The number of alkyl halides is 3. The minimum atomic E-state index is -5.08. The summed E-state index contributed by atoms with van der Waals surface area (Å²) in [5.41, 5.74) is 6.21. The molecular formula is C24H24F3N5O2. The number of aromatic nitrogens is 3. The first kappa shape index (κ1) is 26.4. The zero-order valence-electron chi connectivity index (χ0n) is 18.7. The van der Waals surface area contributed by atoms with Gasteiger partial charge in [0.2, 0.25) is 5.82 Å². The number of aliphatic carboxylic acids is 1. The molecule has 0 saturated carbocycles. The van der Waals surface area contributed by atoms with Gasteiger partial charge in [-0.05, 0) is 68.6 Å². The number of rotatable bonds is 7. The second-order valence-corrected chi connectivity index (χ2v) is 7.38. The number of nitrogens with zero attached hydrogens (tertiary/aromatic N) is 4. The van der Waals surface area contributed by atoms with E-state index in [9.17, 15) is 18.4 Å². The summed E-state index contributed by atoms with van der Waals surface area (Å²) in [7, 11) is 0. The van der Waals surface area contributed by atoms with Gasteiger partial charge in [0.05, 0.1) is 11.4 Å². The highest BCUT2D eigenvalue weighted by Gasteiger charge is 2.38. The van der Waals surface area contributed by atoms with E-state index < -0.39 is 12.1 Å². The molecule has 3 aromatic rings. The zero-order chi connectivity index (χ0) is 25.1. The van der Waals surface area contributed by atoms with Gasteiger partial charge in [0.15, 0.2) is 0 Å². The number of carbonyl (C=O) groups is 1. The Hall–Kier alpha value is -3.84. The molecule has 0 aliphatic heterocycles. The predicted molar refractivity (Wildman–Crippen MR) is 120 cm³/mol. The Morgan fingerprint density at radius 1 is 1.09 bits per heavy atom. The topological polar surface area (TPSA) is 112 Å². The second-order valence-electron chi connectivity index (χ2n) is 7.38. The van der Waals surface area contributed by atoms with Gasteiger partial charge in [-0.15, -0.1) is 0 Å². The smallest absolute Gasteiger partial charge is 0.475 e. The molecule has 0 amide bonds. The van der Waals surface area contributed by atoms with E-state index in [1.165, 1.54) is 11.1 Å². The van der Waals surface area contributed by atoms with Crippen molar-refractivity contribution in [2.45, 2.75) is 39.4 Å². The van der Waals surface area contributed by atoms with Gasteiger partial charge in [-0.2, -0.15) is 18.4 Å². The normalized spacial score (nSPS) is 10.7. The molecule has 0 aliphatic carbocycles. The molecule has 34 heavy (non-hydrogen) atoms. The van der Waals surface area contributed by atoms with Crippen LogP contribution in [0.3, 0.4) is 0 Å². The van der Waals surface area contributed by atoms with Crippen molar-refractivity contribution in [3.63, 3.8) is 0 Å². The molecule has 0 spiro atoms. The van der Waals surface area contributed by atoms with Crippen LogP contribution < -0.4 is 5.32 Å². The molecule has 0 bridgehead atoms. The van der Waals surface area contributed by atoms with Crippen LogP contribution in [0, 0.1) is 25.2 Å². The second kappa shape index (κ2) is 12.4. The first-order chi connectivity index (χ1) is 16.1. The Labute approximate surface area is 195 Å². The third kappa shape index (κ3) is 8.60. The fourth-order valence-electron chi connectivity index (χ4n) is 2.84. The van der Waals surface area contributed by atoms with Crippen molar-refractivity contribution in [1.82, 2.24) is 20.3 Å². The van der Waals surface area contributed by atoms with E-state index in [4.69, 9.17) is 9.90 Å². The number of pyridine rings is 1. The van der Waals surface area contributed by atoms with Gasteiger partial charge in [-0.25, -0.2) is 14.8 Å². The van der Waals surface area contributed by atoms with Crippen molar-refractivity contribution in [3.05, 3.63) is 77.0 Å². The number of nitriles is 1. The zero-order valence-corrected chi connectivity index (χ0v) is 18.7. The van der Waals surface area contributed by atoms with Crippen LogP contribution in [0.25, 0.3) is 11.3 Å². The van der Waals surface area contributed by atoms with E-state index in [1.54, 1.807) is 6.20 Å². The van der Waals surface area contributed by atoms with E-state index in [-0.39, 0.29) is 5.82 Å². The Morgan fingerprint density at radius 3 is 2.41 bits per heavy atom. The highest BCUT2D eigenvalue weighted by atomic mass is 19.4. The number of carboxylic acid groups (broad SMARTS) is 1. The predicted octanol–water partition coefficient (Wildman–Crippen LogP) is 4.38. The quantitative estimate of drug-likeness (QED) is 0.492. The Kier molecular flexibility index (Phi) is 9.64. The van der Waals surface area contributed by atoms with Crippen LogP contribution in [0.4, 0.5) is 13.2 Å². The highest BCUT2D eigenvalue weighted by molar-refractivity contribution is 5.73. The highest BCUT2D eigenvalue weighted by Crippen LogP contribution is 2.21. The van der Waals surface area contributed by atoms with Crippen LogP contribution in [-0.2, 0) is 17.8 Å². The molecule has 178 valence electrons. The summed E-state index contributed by atoms with van der Waals surface area (Å²) in [6.07, 6.45) is -1.55. The maximum atomic E-state index is 10.6. The van der Waals surface area contributed by atoms with Gasteiger partial charge >= 0.3 is 12.1 Å². The number of hydrogen-bond acceptors (Lipinski definition) is 6. The summed E-state index contributed by atoms with van der Waals surface area (Å²) in [5, 5.41) is 19.8. The molecule has 0 atom stereocenters. The average Bonchev–Trinajstić information content (AvgIpc) is 2.81. The van der Waals surface area contributed by atoms with Crippen molar-refractivity contribution in [1.29, 1.82) is 5.26 Å². The van der Waals surface area contributed by atoms with Crippen LogP contribution >= 0.6 is 0 Å². The van der Waals surface area contributed by atoms with Crippen LogP contribution in [0.1, 0.15) is 34.8 Å². The van der Waals surface area contributed by atoms with E-state index in [0.29, 0.717) is 0 Å². The summed E-state index contributed by atoms with van der Waals surface area (Å²) in [4.78, 5) is 21.9. The third-order valence-corrected chi connectivity index (χ3v) is 4.74. The molecule has 0 aliphatic rings. The molecule has 2 N–H and O–H groups in total. The van der Waals surface area contributed by atoms with Crippen LogP contribution in [0.5, 0.6) is 0 Å². The third-order valence-electron chi connectivity index (χ3n) is 4.74. The SMILES string of the molecule is Cc1ccc(-c2cc(CCCNCc3ccccn3)nc(C#N)n2)cc1C.O=C(O)C(F)(F)F. The molecule has 0 radical (unpaired) electrons. The number of benzene rings is 1. The molecule has 2 aromatic heterocycles. The van der Waals surface area contributed by atoms with Crippen molar-refractivity contribution >= 4 is 5.97 Å². The fraction of sp³-hybridized carbons (Fsp3) is 0.292. The molecule has 7 nitrogen and oxygen atoms in total. The summed E-state index contributed by atoms with van der Waals surface area (Å²) in [5.74, 6) is -2.53. The lowest BCUT2D eigenvalue weighted by Crippen LogP contribution is -2.21. The van der Waals surface area contributed by atoms with E-state index in [1.807, 2.05) is 30.3 Å². The molecule has 10 heteroatoms. The average molecular weight is 471 g/mol. The standard InChI is InChI=1S/C22H23N5.C2HF3O2/c1-16-8-9-18(12-17(16)2)21-13-19(26-22(14-23)27-21)7-5-10-24-15-20-6-3-4-11-25-20;3-2(4,5)1(6)7/h3-4,6,8-9,11-13,24H,5,7,10,15H2,1-2H3;(H,6,7). The van der Waals surface area contributed by atoms with Crippen molar-refractivity contribution in [2.24, 2.45) is 0 Å². The Bertz CT molecular complexity index is 1150. The maximum Gasteiger partial charge on any atom is 0.490 e. The van der Waals surface area contributed by atoms with E-state index in [2.05, 4.69) is 52.3 Å². The molecule has 3 rings (SSSR count). The number of halogens is 3. The summed E-state index contributed by atoms with van der Waals surface area (Å²) in [6, 6.07) is 16.2. The first-order valence-corrected chi connectivity index (χ1v) is 10.4. The molecule has 0 unspecified atom stereocenters.